The summed E-state index contributed by atoms with van der Waals surface area (Å²) in [6.07, 6.45) is -0.672. The van der Waals surface area contributed by atoms with E-state index < -0.39 is 21.1 Å². The Bertz CT molecular complexity index is 598. The number of benzene rings is 1. The third kappa shape index (κ3) is 5.36. The molecule has 116 valence electrons. The smallest absolute Gasteiger partial charge is 0.407 e. The van der Waals surface area contributed by atoms with Crippen molar-refractivity contribution in [3.63, 3.8) is 0 Å². The Labute approximate surface area is 121 Å². The largest absolute Gasteiger partial charge is 0.450 e. The number of nitro benzene ring substituents is 1. The highest BCUT2D eigenvalue weighted by Crippen LogP contribution is 2.17. The van der Waals surface area contributed by atoms with Crippen LogP contribution in [0.1, 0.15) is 6.92 Å². The fourth-order valence-electron chi connectivity index (χ4n) is 1.29. The maximum absolute atomic E-state index is 11.7. The Hall–Kier alpha value is -2.20. The number of hydrogen-bond acceptors (Lipinski definition) is 7. The number of nitrogens with zero attached hydrogens (tertiary/aromatic N) is 1. The second-order valence-electron chi connectivity index (χ2n) is 3.67. The molecule has 21 heavy (non-hydrogen) atoms. The zero-order chi connectivity index (χ0) is 15.9. The van der Waals surface area contributed by atoms with Crippen LogP contribution < -0.4 is 5.32 Å². The van der Waals surface area contributed by atoms with Crippen LogP contribution in [0.2, 0.25) is 0 Å². The van der Waals surface area contributed by atoms with Crippen molar-refractivity contribution in [1.82, 2.24) is 5.32 Å². The van der Waals surface area contributed by atoms with E-state index in [1.165, 1.54) is 0 Å². The number of carbonyl (C=O) groups is 1. The second kappa shape index (κ2) is 7.55. The van der Waals surface area contributed by atoms with Gasteiger partial charge in [0.05, 0.1) is 23.0 Å². The van der Waals surface area contributed by atoms with Gasteiger partial charge in [0.1, 0.15) is 0 Å². The van der Waals surface area contributed by atoms with Crippen LogP contribution in [-0.2, 0) is 19.0 Å². The first-order valence-electron chi connectivity index (χ1n) is 5.91. The highest BCUT2D eigenvalue weighted by molar-refractivity contribution is 7.86. The van der Waals surface area contributed by atoms with Gasteiger partial charge < -0.3 is 10.1 Å². The lowest BCUT2D eigenvalue weighted by atomic mass is 10.3. The molecule has 0 saturated heterocycles. The highest BCUT2D eigenvalue weighted by Gasteiger charge is 2.16. The predicted molar refractivity (Wildman–Crippen MR) is 71.3 cm³/mol. The van der Waals surface area contributed by atoms with E-state index in [1.54, 1.807) is 6.92 Å². The molecule has 1 amide bonds. The molecule has 1 aromatic carbocycles. The van der Waals surface area contributed by atoms with Gasteiger partial charge in [0.25, 0.3) is 15.8 Å². The van der Waals surface area contributed by atoms with Gasteiger partial charge in [-0.3, -0.25) is 14.3 Å². The summed E-state index contributed by atoms with van der Waals surface area (Å²) in [6, 6.07) is 4.28. The summed E-state index contributed by atoms with van der Waals surface area (Å²) in [5.41, 5.74) is -0.224. The summed E-state index contributed by atoms with van der Waals surface area (Å²) >= 11 is 0. The number of alkyl carbamates (subject to hydrolysis) is 1. The first-order valence-corrected chi connectivity index (χ1v) is 7.32. The molecule has 0 aliphatic carbocycles. The van der Waals surface area contributed by atoms with Gasteiger partial charge in [-0.05, 0) is 19.1 Å². The quantitative estimate of drug-likeness (QED) is 0.344. The fourth-order valence-corrected chi connectivity index (χ4v) is 2.20. The molecule has 0 aliphatic rings. The number of carbonyl (C=O) groups excluding carboxylic acids is 1. The van der Waals surface area contributed by atoms with Crippen molar-refractivity contribution >= 4 is 21.9 Å². The van der Waals surface area contributed by atoms with Gasteiger partial charge in [-0.2, -0.15) is 8.42 Å². The lowest BCUT2D eigenvalue weighted by Gasteiger charge is -2.07. The van der Waals surface area contributed by atoms with E-state index in [9.17, 15) is 23.3 Å². The minimum Gasteiger partial charge on any atom is -0.450 e. The van der Waals surface area contributed by atoms with Crippen molar-refractivity contribution in [1.29, 1.82) is 0 Å². The van der Waals surface area contributed by atoms with Crippen LogP contribution in [0.25, 0.3) is 0 Å². The molecular formula is C11H14N2O7S. The Morgan fingerprint density at radius 3 is 2.48 bits per heavy atom. The zero-order valence-electron chi connectivity index (χ0n) is 11.1. The van der Waals surface area contributed by atoms with E-state index in [2.05, 4.69) is 14.2 Å². The van der Waals surface area contributed by atoms with Crippen molar-refractivity contribution in [3.05, 3.63) is 34.4 Å². The molecular weight excluding hydrogens is 304 g/mol. The second-order valence-corrected chi connectivity index (χ2v) is 5.29. The van der Waals surface area contributed by atoms with Crippen LogP contribution in [0.4, 0.5) is 10.5 Å². The molecule has 9 nitrogen and oxygen atoms in total. The lowest BCUT2D eigenvalue weighted by molar-refractivity contribution is -0.384. The molecule has 0 fully saturated rings. The zero-order valence-corrected chi connectivity index (χ0v) is 12.0. The summed E-state index contributed by atoms with van der Waals surface area (Å²) in [7, 11) is -4.03. The van der Waals surface area contributed by atoms with Gasteiger partial charge >= 0.3 is 6.09 Å². The number of nitro groups is 1. The number of ether oxygens (including phenoxy) is 1. The van der Waals surface area contributed by atoms with Crippen molar-refractivity contribution in [3.8, 4) is 0 Å². The SMILES string of the molecule is CCOC(=O)NCCOS(=O)(=O)c1ccc([N+](=O)[O-])cc1. The molecule has 0 spiro atoms. The van der Waals surface area contributed by atoms with E-state index >= 15 is 0 Å². The van der Waals surface area contributed by atoms with Crippen LogP contribution in [0.15, 0.2) is 29.2 Å². The Morgan fingerprint density at radius 1 is 1.33 bits per heavy atom. The minimum absolute atomic E-state index is 0.0506. The third-order valence-electron chi connectivity index (χ3n) is 2.22. The molecule has 1 N–H and O–H groups in total. The number of amides is 1. The topological polar surface area (TPSA) is 125 Å². The van der Waals surface area contributed by atoms with E-state index in [0.29, 0.717) is 0 Å². The lowest BCUT2D eigenvalue weighted by Crippen LogP contribution is -2.28. The van der Waals surface area contributed by atoms with E-state index in [1.807, 2.05) is 0 Å². The van der Waals surface area contributed by atoms with Crippen LogP contribution in [0.5, 0.6) is 0 Å². The molecule has 0 atom stereocenters. The van der Waals surface area contributed by atoms with Gasteiger partial charge in [-0.1, -0.05) is 0 Å². The average Bonchev–Trinajstić information content (AvgIpc) is 2.44. The van der Waals surface area contributed by atoms with Crippen molar-refractivity contribution in [2.75, 3.05) is 19.8 Å². The molecule has 10 heteroatoms. The van der Waals surface area contributed by atoms with E-state index in [4.69, 9.17) is 0 Å². The van der Waals surface area contributed by atoms with Crippen LogP contribution in [0.3, 0.4) is 0 Å². The monoisotopic (exact) mass is 318 g/mol. The normalized spacial score (nSPS) is 10.9. The maximum Gasteiger partial charge on any atom is 0.407 e. The molecule has 0 heterocycles. The van der Waals surface area contributed by atoms with Gasteiger partial charge in [0, 0.05) is 18.7 Å². The molecule has 0 aromatic heterocycles. The van der Waals surface area contributed by atoms with Gasteiger partial charge in [-0.15, -0.1) is 0 Å². The highest BCUT2D eigenvalue weighted by atomic mass is 32.2. The van der Waals surface area contributed by atoms with Crippen LogP contribution in [0, 0.1) is 10.1 Å². The van der Waals surface area contributed by atoms with Crippen molar-refractivity contribution in [2.45, 2.75) is 11.8 Å². The van der Waals surface area contributed by atoms with Gasteiger partial charge in [-0.25, -0.2) is 4.79 Å². The van der Waals surface area contributed by atoms with Crippen LogP contribution in [-0.4, -0.2) is 39.2 Å². The molecule has 0 bridgehead atoms. The van der Waals surface area contributed by atoms with Gasteiger partial charge in [0.15, 0.2) is 0 Å². The maximum atomic E-state index is 11.7. The molecule has 0 radical (unpaired) electrons. The summed E-state index contributed by atoms with van der Waals surface area (Å²) in [5, 5.41) is 12.8. The third-order valence-corrected chi connectivity index (χ3v) is 3.55. The first kappa shape index (κ1) is 16.9. The summed E-state index contributed by atoms with van der Waals surface area (Å²) in [4.78, 5) is 20.6. The number of non-ortho nitro benzene ring substituents is 1. The Morgan fingerprint density at radius 2 is 1.95 bits per heavy atom. The van der Waals surface area contributed by atoms with E-state index in [0.717, 1.165) is 24.3 Å². The fraction of sp³-hybridized carbons (Fsp3) is 0.364. The minimum atomic E-state index is -4.03. The Kier molecular flexibility index (Phi) is 6.06. The predicted octanol–water partition coefficient (Wildman–Crippen LogP) is 1.05. The van der Waals surface area contributed by atoms with Crippen LogP contribution >= 0.6 is 0 Å². The molecule has 1 rings (SSSR count). The average molecular weight is 318 g/mol. The van der Waals surface area contributed by atoms with Crippen molar-refractivity contribution in [2.24, 2.45) is 0 Å². The van der Waals surface area contributed by atoms with Gasteiger partial charge in [0.2, 0.25) is 0 Å². The summed E-state index contributed by atoms with van der Waals surface area (Å²) in [6.45, 7) is 1.51. The molecule has 1 aromatic rings. The number of hydrogen-bond donors (Lipinski definition) is 1. The summed E-state index contributed by atoms with van der Waals surface area (Å²) in [5.74, 6) is 0. The number of nitrogens with one attached hydrogen (secondary N) is 1. The molecule has 0 saturated carbocycles. The van der Waals surface area contributed by atoms with Crippen molar-refractivity contribution < 1.29 is 27.1 Å². The molecule has 0 unspecified atom stereocenters. The molecule has 0 aliphatic heterocycles. The number of rotatable bonds is 7. The Balaban J connectivity index is 2.53. The van der Waals surface area contributed by atoms with E-state index in [-0.39, 0.29) is 30.3 Å². The summed E-state index contributed by atoms with van der Waals surface area (Å²) < 4.78 is 32.7. The first-order chi connectivity index (χ1) is 9.86. The standard InChI is InChI=1S/C11H14N2O7S/c1-2-19-11(14)12-7-8-20-21(17,18)10-5-3-9(4-6-10)13(15)16/h3-6H,2,7-8H2,1H3,(H,12,14).